The molecule has 0 spiro atoms. The van der Waals surface area contributed by atoms with Gasteiger partial charge in [0.1, 0.15) is 18.1 Å². The normalized spacial score (nSPS) is 14.9. The molecule has 9 N–H and O–H groups in total. The number of nitrogens with two attached hydrogens (primary N) is 2. The molecule has 0 radical (unpaired) electrons. The smallest absolute Gasteiger partial charge is 0.264 e. The van der Waals surface area contributed by atoms with Gasteiger partial charge in [-0.3, -0.25) is 48.3 Å². The van der Waals surface area contributed by atoms with Crippen LogP contribution in [0.25, 0.3) is 0 Å². The topological polar surface area (TPSA) is 293 Å². The van der Waals surface area contributed by atoms with Gasteiger partial charge in [0.05, 0.1) is 23.5 Å². The molecule has 0 fully saturated rings. The average molecular weight is 1130 g/mol. The van der Waals surface area contributed by atoms with Crippen LogP contribution in [0.2, 0.25) is 0 Å². The summed E-state index contributed by atoms with van der Waals surface area (Å²) in [6.07, 6.45) is 6.85. The van der Waals surface area contributed by atoms with Gasteiger partial charge in [0.15, 0.2) is 0 Å². The molecule has 1 aliphatic rings. The Morgan fingerprint density at radius 2 is 1.31 bits per heavy atom. The zero-order valence-corrected chi connectivity index (χ0v) is 48.9. The van der Waals surface area contributed by atoms with E-state index in [1.165, 1.54) is 54.3 Å². The van der Waals surface area contributed by atoms with E-state index in [0.29, 0.717) is 44.2 Å². The van der Waals surface area contributed by atoms with Gasteiger partial charge < -0.3 is 31.9 Å². The Labute approximate surface area is 472 Å². The van der Waals surface area contributed by atoms with E-state index in [9.17, 15) is 46.8 Å². The van der Waals surface area contributed by atoms with Crippen LogP contribution >= 0.6 is 0 Å². The third kappa shape index (κ3) is 18.8. The summed E-state index contributed by atoms with van der Waals surface area (Å²) in [7, 11) is -1.16. The van der Waals surface area contributed by atoms with Gasteiger partial charge in [-0.2, -0.15) is 0 Å². The van der Waals surface area contributed by atoms with Crippen LogP contribution in [0, 0.1) is 11.3 Å². The monoisotopic (exact) mass is 1120 g/mol. The second kappa shape index (κ2) is 29.9. The van der Waals surface area contributed by atoms with Crippen LogP contribution in [0.15, 0.2) is 114 Å². The van der Waals surface area contributed by atoms with Crippen LogP contribution in [-0.4, -0.2) is 128 Å². The molecule has 0 aliphatic carbocycles. The minimum atomic E-state index is -4.44. The second-order valence-electron chi connectivity index (χ2n) is 22.3. The molecule has 80 heavy (non-hydrogen) atoms. The summed E-state index contributed by atoms with van der Waals surface area (Å²) in [6.45, 7) is 15.0. The number of hydrogen-bond acceptors (Lipinski definition) is 13. The number of hydrazine groups is 1. The van der Waals surface area contributed by atoms with Crippen molar-refractivity contribution < 1.29 is 46.8 Å². The first-order chi connectivity index (χ1) is 37.6. The summed E-state index contributed by atoms with van der Waals surface area (Å²) in [4.78, 5) is 109. The Bertz CT molecular complexity index is 2780. The van der Waals surface area contributed by atoms with Crippen LogP contribution in [0.4, 0.5) is 0 Å². The largest absolute Gasteiger partial charge is 0.344 e. The number of hydrogen-bond donors (Lipinski definition) is 7. The van der Waals surface area contributed by atoms with Crippen molar-refractivity contribution in [1.82, 2.24) is 40.8 Å². The number of unbranched alkanes of at least 4 members (excludes halogenated alkanes) is 3. The van der Waals surface area contributed by atoms with Crippen molar-refractivity contribution in [3.8, 4) is 0 Å². The summed E-state index contributed by atoms with van der Waals surface area (Å²) in [5, 5.41) is 12.7. The number of nitrogens with one attached hydrogen (secondary N) is 5. The van der Waals surface area contributed by atoms with E-state index in [4.69, 9.17) is 11.6 Å². The zero-order valence-electron chi connectivity index (χ0n) is 48.0. The van der Waals surface area contributed by atoms with Gasteiger partial charge in [-0.05, 0) is 92.8 Å². The Kier molecular flexibility index (Phi) is 24.5. The first-order valence-electron chi connectivity index (χ1n) is 27.2. The molecule has 21 heteroatoms. The number of sulfonamides is 1. The molecule has 0 saturated heterocycles. The fourth-order valence-corrected chi connectivity index (χ4v) is 10.4. The molecule has 0 saturated carbocycles. The molecule has 5 atom stereocenters. The highest BCUT2D eigenvalue weighted by molar-refractivity contribution is 7.90. The maximum absolute atomic E-state index is 14.4. The van der Waals surface area contributed by atoms with Gasteiger partial charge in [0.25, 0.3) is 33.7 Å². The lowest BCUT2D eigenvalue weighted by molar-refractivity contribution is -0.141. The van der Waals surface area contributed by atoms with Crippen molar-refractivity contribution in [2.24, 2.45) is 22.9 Å². The highest BCUT2D eigenvalue weighted by atomic mass is 32.2. The quantitative estimate of drug-likeness (QED) is 0.0124. The minimum absolute atomic E-state index is 0.0248. The van der Waals surface area contributed by atoms with Crippen molar-refractivity contribution in [1.29, 1.82) is 0 Å². The van der Waals surface area contributed by atoms with Gasteiger partial charge in [-0.1, -0.05) is 134 Å². The van der Waals surface area contributed by atoms with E-state index in [1.807, 2.05) is 97.0 Å². The summed E-state index contributed by atoms with van der Waals surface area (Å²) >= 11 is 0. The number of imide groups is 1. The number of amides is 8. The molecule has 0 unspecified atom stereocenters. The third-order valence-corrected chi connectivity index (χ3v) is 15.6. The molecule has 3 aromatic rings. The maximum Gasteiger partial charge on any atom is 0.264 e. The minimum Gasteiger partial charge on any atom is -0.344 e. The molecule has 0 aromatic heterocycles. The molecule has 1 heterocycles. The molecule has 3 aromatic carbocycles. The van der Waals surface area contributed by atoms with E-state index in [0.717, 1.165) is 21.0 Å². The maximum atomic E-state index is 14.4. The fourth-order valence-electron chi connectivity index (χ4n) is 9.40. The second-order valence-corrected chi connectivity index (χ2v) is 24.0. The van der Waals surface area contributed by atoms with Crippen molar-refractivity contribution in [3.05, 3.63) is 125 Å². The molecular formula is C59H84N10O10S. The highest BCUT2D eigenvalue weighted by Crippen LogP contribution is 2.29. The number of rotatable bonds is 30. The summed E-state index contributed by atoms with van der Waals surface area (Å²) in [5.41, 5.74) is 6.52. The highest BCUT2D eigenvalue weighted by Gasteiger charge is 2.42. The van der Waals surface area contributed by atoms with Gasteiger partial charge >= 0.3 is 0 Å². The Balaban J connectivity index is 1.42. The van der Waals surface area contributed by atoms with Gasteiger partial charge in [-0.15, -0.1) is 0 Å². The molecule has 4 rings (SSSR count). The van der Waals surface area contributed by atoms with Crippen molar-refractivity contribution in [2.75, 3.05) is 27.2 Å². The lowest BCUT2D eigenvalue weighted by atomic mass is 9.76. The van der Waals surface area contributed by atoms with Crippen LogP contribution in [-0.2, 0) is 66.8 Å². The Hall–Kier alpha value is -7.07. The van der Waals surface area contributed by atoms with E-state index < -0.39 is 80.6 Å². The predicted octanol–water partition coefficient (Wildman–Crippen LogP) is 4.05. The number of nitrogens with zero attached hydrogens (tertiary/aromatic N) is 3. The third-order valence-electron chi connectivity index (χ3n) is 14.2. The molecule has 436 valence electrons. The zero-order chi connectivity index (χ0) is 59.5. The van der Waals surface area contributed by atoms with E-state index in [1.54, 1.807) is 26.2 Å². The first-order valence-corrected chi connectivity index (χ1v) is 28.7. The predicted molar refractivity (Wildman–Crippen MR) is 307 cm³/mol. The molecular weight excluding hydrogens is 1040 g/mol. The lowest BCUT2D eigenvalue weighted by Gasteiger charge is -2.40. The van der Waals surface area contributed by atoms with E-state index in [2.05, 4.69) is 26.0 Å². The van der Waals surface area contributed by atoms with Crippen molar-refractivity contribution >= 4 is 57.3 Å². The van der Waals surface area contributed by atoms with Gasteiger partial charge in [0.2, 0.25) is 23.6 Å². The molecule has 0 bridgehead atoms. The van der Waals surface area contributed by atoms with Crippen molar-refractivity contribution in [3.63, 3.8) is 0 Å². The Morgan fingerprint density at radius 3 is 1.88 bits per heavy atom. The SMILES string of the molecule is CN[C@H](C(=O)N[C@H](C(=O)N(C)[C@H](/C=C(\C)C(=O)NS(=O)(=O)c1ccc(CN(N)C(=O)[C@H](CCCCN)NC(=O)[C@H](Cc2ccccc2)NC(=O)CCCCCN2C(=O)C=CC2=O)cc1)C(C)C)C(C)(C)C)C(C)(C)c1ccccc1. The molecule has 20 nitrogen and oxygen atoms in total. The number of benzene rings is 3. The van der Waals surface area contributed by atoms with E-state index in [-0.39, 0.29) is 66.5 Å². The Morgan fingerprint density at radius 1 is 0.713 bits per heavy atom. The van der Waals surface area contributed by atoms with Crippen LogP contribution in [0.1, 0.15) is 117 Å². The number of likely N-dealkylation sites (N-methyl/N-ethyl adjacent to an activating group) is 2. The summed E-state index contributed by atoms with van der Waals surface area (Å²) < 4.78 is 29.4. The van der Waals surface area contributed by atoms with Gasteiger partial charge in [0, 0.05) is 49.6 Å². The van der Waals surface area contributed by atoms with E-state index >= 15 is 0 Å². The molecule has 8 amide bonds. The van der Waals surface area contributed by atoms with Crippen LogP contribution in [0.5, 0.6) is 0 Å². The van der Waals surface area contributed by atoms with Crippen LogP contribution < -0.4 is 37.6 Å². The number of carbonyl (C=O) groups excluding carboxylic acids is 8. The lowest BCUT2D eigenvalue weighted by Crippen LogP contribution is -2.61. The van der Waals surface area contributed by atoms with Crippen molar-refractivity contribution in [2.45, 2.75) is 154 Å². The first kappa shape index (κ1) is 65.4. The number of carbonyl (C=O) groups is 8. The average Bonchev–Trinajstić information content (AvgIpc) is 3.74. The molecule has 1 aliphatic heterocycles. The summed E-state index contributed by atoms with van der Waals surface area (Å²) in [6, 6.07) is 19.5. The van der Waals surface area contributed by atoms with Gasteiger partial charge in [-0.25, -0.2) is 19.0 Å². The van der Waals surface area contributed by atoms with Crippen LogP contribution in [0.3, 0.4) is 0 Å². The fraction of sp³-hybridized carbons (Fsp3) is 0.492. The summed E-state index contributed by atoms with van der Waals surface area (Å²) in [5.74, 6) is 2.02. The standard InChI is InChI=1S/C59H84N10O10S/c1-39(2)47(67(10)57(77)52(58(4,5)6)65-55(75)51(62-9)59(7,8)43-24-16-12-17-25-43)36-40(3)53(73)66-80(78,79)44-30-28-42(29-31-44)38-69(61)56(76)45(26-19-20-34-60)64-54(74)46(37-41-22-14-11-15-23-41)63-48(70)27-18-13-21-35-68-49(71)32-33-50(68)72/h11-12,14-17,22-25,28-33,36,39,45-47,51-52,62H,13,18-21,26-27,34-35,37-38,60-61H2,1-10H3,(H,63,70)(H,64,74)(H,65,75)(H,66,73)/b40-36+/t45-,46-,47+,51+,52+/m0/s1.